The van der Waals surface area contributed by atoms with Gasteiger partial charge in [-0.05, 0) is 48.9 Å². The molecule has 0 radical (unpaired) electrons. The number of sulfone groups is 2. The Balaban J connectivity index is 2.28. The van der Waals surface area contributed by atoms with Crippen LogP contribution in [0, 0.1) is 11.8 Å². The van der Waals surface area contributed by atoms with E-state index in [9.17, 15) is 16.8 Å². The topological polar surface area (TPSA) is 68.3 Å². The largest absolute Gasteiger partial charge is 0.222 e. The van der Waals surface area contributed by atoms with Crippen LogP contribution in [0.3, 0.4) is 0 Å². The normalized spacial score (nSPS) is 22.8. The van der Waals surface area contributed by atoms with Crippen molar-refractivity contribution in [1.82, 2.24) is 0 Å². The maximum absolute atomic E-state index is 13.6. The van der Waals surface area contributed by atoms with E-state index in [1.807, 2.05) is 6.92 Å². The van der Waals surface area contributed by atoms with E-state index in [1.165, 1.54) is 24.3 Å². The van der Waals surface area contributed by atoms with Crippen LogP contribution in [0.5, 0.6) is 0 Å². The minimum absolute atomic E-state index is 0.0200. The van der Waals surface area contributed by atoms with E-state index in [0.29, 0.717) is 0 Å². The zero-order valence-corrected chi connectivity index (χ0v) is 16.2. The maximum Gasteiger partial charge on any atom is 0.198 e. The third-order valence-corrected chi connectivity index (χ3v) is 11.0. The van der Waals surface area contributed by atoms with Crippen molar-refractivity contribution >= 4 is 19.7 Å². The van der Waals surface area contributed by atoms with Crippen LogP contribution in [0.15, 0.2) is 83.1 Å². The highest BCUT2D eigenvalue weighted by atomic mass is 32.3. The molecule has 0 saturated heterocycles. The predicted molar refractivity (Wildman–Crippen MR) is 102 cm³/mol. The van der Waals surface area contributed by atoms with Gasteiger partial charge in [0, 0.05) is 0 Å². The molecule has 2 atom stereocenters. The van der Waals surface area contributed by atoms with Gasteiger partial charge in [-0.25, -0.2) is 16.8 Å². The highest BCUT2D eigenvalue weighted by molar-refractivity contribution is 8.10. The van der Waals surface area contributed by atoms with Crippen molar-refractivity contribution in [1.29, 1.82) is 0 Å². The fourth-order valence-electron chi connectivity index (χ4n) is 3.81. The van der Waals surface area contributed by atoms with Gasteiger partial charge in [-0.3, -0.25) is 0 Å². The first-order chi connectivity index (χ1) is 12.3. The van der Waals surface area contributed by atoms with Crippen LogP contribution in [0.2, 0.25) is 0 Å². The van der Waals surface area contributed by atoms with E-state index in [1.54, 1.807) is 42.5 Å². The molecule has 1 aliphatic carbocycles. The fourth-order valence-corrected chi connectivity index (χ4v) is 9.22. The van der Waals surface area contributed by atoms with Crippen molar-refractivity contribution in [2.45, 2.75) is 33.6 Å². The second-order valence-corrected chi connectivity index (χ2v) is 11.6. The molecule has 0 heterocycles. The van der Waals surface area contributed by atoms with Gasteiger partial charge >= 0.3 is 0 Å². The Labute approximate surface area is 155 Å². The highest BCUT2D eigenvalue weighted by Gasteiger charge is 2.61. The zero-order valence-electron chi connectivity index (χ0n) is 14.6. The van der Waals surface area contributed by atoms with Gasteiger partial charge in [0.05, 0.1) is 9.79 Å². The third-order valence-electron chi connectivity index (χ3n) is 5.30. The molecule has 4 nitrogen and oxygen atoms in total. The Morgan fingerprint density at radius 2 is 1.27 bits per heavy atom. The SMILES string of the molecule is C=C[C@H]1CC(S(=O)(=O)c2ccccc2)(S(=O)(=O)c2ccccc2)C[C@@H]1C. The molecule has 138 valence electrons. The summed E-state index contributed by atoms with van der Waals surface area (Å²) in [6.45, 7) is 5.66. The van der Waals surface area contributed by atoms with Crippen molar-refractivity contribution in [3.05, 3.63) is 73.3 Å². The summed E-state index contributed by atoms with van der Waals surface area (Å²) in [5.74, 6) is -0.267. The number of benzene rings is 2. The molecule has 0 amide bonds. The molecule has 0 N–H and O–H groups in total. The van der Waals surface area contributed by atoms with Crippen LogP contribution in [0.1, 0.15) is 19.8 Å². The second-order valence-electron chi connectivity index (χ2n) is 6.83. The Morgan fingerprint density at radius 1 is 0.846 bits per heavy atom. The summed E-state index contributed by atoms with van der Waals surface area (Å²) in [6.07, 6.45) is 1.75. The number of allylic oxidation sites excluding steroid dienone is 1. The molecule has 0 aromatic heterocycles. The predicted octanol–water partition coefficient (Wildman–Crippen LogP) is 3.86. The van der Waals surface area contributed by atoms with E-state index in [0.717, 1.165) is 0 Å². The lowest BCUT2D eigenvalue weighted by Gasteiger charge is -2.29. The van der Waals surface area contributed by atoms with Gasteiger partial charge in [0.25, 0.3) is 0 Å². The second kappa shape index (κ2) is 6.67. The van der Waals surface area contributed by atoms with Crippen LogP contribution in [0.25, 0.3) is 0 Å². The van der Waals surface area contributed by atoms with Crippen LogP contribution in [-0.4, -0.2) is 20.9 Å². The fraction of sp³-hybridized carbons (Fsp3) is 0.300. The van der Waals surface area contributed by atoms with Gasteiger partial charge < -0.3 is 0 Å². The van der Waals surface area contributed by atoms with Crippen molar-refractivity contribution in [2.75, 3.05) is 0 Å². The molecule has 6 heteroatoms. The summed E-state index contributed by atoms with van der Waals surface area (Å²) in [4.78, 5) is 0.0767. The van der Waals surface area contributed by atoms with Crippen molar-refractivity contribution in [3.63, 3.8) is 0 Å². The molecule has 26 heavy (non-hydrogen) atoms. The van der Waals surface area contributed by atoms with Crippen LogP contribution in [-0.2, 0) is 19.7 Å². The molecule has 2 aromatic rings. The monoisotopic (exact) mass is 390 g/mol. The first-order valence-electron chi connectivity index (χ1n) is 8.48. The smallest absolute Gasteiger partial charge is 0.198 e. The molecule has 0 aliphatic heterocycles. The number of hydrogen-bond donors (Lipinski definition) is 0. The molecule has 1 saturated carbocycles. The minimum Gasteiger partial charge on any atom is -0.222 e. The maximum atomic E-state index is 13.6. The van der Waals surface area contributed by atoms with Gasteiger partial charge in [-0.1, -0.05) is 49.4 Å². The van der Waals surface area contributed by atoms with Gasteiger partial charge in [0.2, 0.25) is 0 Å². The lowest BCUT2D eigenvalue weighted by Crippen LogP contribution is -2.44. The van der Waals surface area contributed by atoms with E-state index >= 15 is 0 Å². The minimum atomic E-state index is -4.12. The van der Waals surface area contributed by atoms with Gasteiger partial charge in [0.15, 0.2) is 23.8 Å². The summed E-state index contributed by atoms with van der Waals surface area (Å²) in [5.41, 5.74) is 0. The number of hydrogen-bond acceptors (Lipinski definition) is 4. The molecule has 0 spiro atoms. The van der Waals surface area contributed by atoms with Crippen molar-refractivity contribution in [2.24, 2.45) is 11.8 Å². The molecular weight excluding hydrogens is 368 g/mol. The molecule has 1 aliphatic rings. The van der Waals surface area contributed by atoms with Crippen LogP contribution < -0.4 is 0 Å². The van der Waals surface area contributed by atoms with Crippen LogP contribution >= 0.6 is 0 Å². The quantitative estimate of drug-likeness (QED) is 0.727. The molecule has 2 aromatic carbocycles. The summed E-state index contributed by atoms with van der Waals surface area (Å²) < 4.78 is 52.4. The van der Waals surface area contributed by atoms with Crippen LogP contribution in [0.4, 0.5) is 0 Å². The lowest BCUT2D eigenvalue weighted by atomic mass is 9.99. The first kappa shape index (κ1) is 18.9. The van der Waals surface area contributed by atoms with E-state index in [4.69, 9.17) is 0 Å². The summed E-state index contributed by atoms with van der Waals surface area (Å²) >= 11 is 0. The Kier molecular flexibility index (Phi) is 4.84. The molecule has 0 bridgehead atoms. The lowest BCUT2D eigenvalue weighted by molar-refractivity contribution is 0.503. The average molecular weight is 391 g/mol. The van der Waals surface area contributed by atoms with Gasteiger partial charge in [0.1, 0.15) is 0 Å². The highest BCUT2D eigenvalue weighted by Crippen LogP contribution is 2.52. The third kappa shape index (κ3) is 2.72. The standard InChI is InChI=1S/C20H22O4S2/c1-3-17-15-20(14-16(17)2,25(21,22)18-10-6-4-7-11-18)26(23,24)19-12-8-5-9-13-19/h3-13,16-17H,1,14-15H2,2H3/t16-,17-/m0/s1. The summed E-state index contributed by atoms with van der Waals surface area (Å²) in [7, 11) is -8.24. The Bertz CT molecular complexity index is 925. The molecule has 1 fully saturated rings. The Morgan fingerprint density at radius 3 is 1.62 bits per heavy atom. The van der Waals surface area contributed by atoms with Crippen molar-refractivity contribution in [3.8, 4) is 0 Å². The van der Waals surface area contributed by atoms with Gasteiger partial charge in [-0.2, -0.15) is 0 Å². The number of rotatable bonds is 5. The summed E-state index contributed by atoms with van der Waals surface area (Å²) in [5, 5.41) is 0. The van der Waals surface area contributed by atoms with Crippen molar-refractivity contribution < 1.29 is 16.8 Å². The summed E-state index contributed by atoms with van der Waals surface area (Å²) in [6, 6.07) is 15.7. The Hall–Kier alpha value is -1.92. The first-order valence-corrected chi connectivity index (χ1v) is 11.4. The molecular formula is C20H22O4S2. The molecule has 0 unspecified atom stereocenters. The van der Waals surface area contributed by atoms with E-state index in [-0.39, 0.29) is 34.5 Å². The molecule has 3 rings (SSSR count). The van der Waals surface area contributed by atoms with E-state index in [2.05, 4.69) is 6.58 Å². The van der Waals surface area contributed by atoms with Gasteiger partial charge in [-0.15, -0.1) is 6.58 Å². The average Bonchev–Trinajstić information content (AvgIpc) is 3.02. The zero-order chi connectivity index (χ0) is 19.0. The van der Waals surface area contributed by atoms with E-state index < -0.39 is 23.8 Å².